The lowest BCUT2D eigenvalue weighted by Gasteiger charge is -2.10. The van der Waals surface area contributed by atoms with Crippen molar-refractivity contribution in [1.29, 1.82) is 0 Å². The quantitative estimate of drug-likeness (QED) is 0.671. The Morgan fingerprint density at radius 2 is 2.10 bits per heavy atom. The molecule has 0 unspecified atom stereocenters. The van der Waals surface area contributed by atoms with Crippen LogP contribution in [0.3, 0.4) is 0 Å². The van der Waals surface area contributed by atoms with Crippen molar-refractivity contribution in [2.24, 2.45) is 0 Å². The van der Waals surface area contributed by atoms with Gasteiger partial charge in [0.15, 0.2) is 11.0 Å². The molecule has 0 radical (unpaired) electrons. The first kappa shape index (κ1) is 14.4. The van der Waals surface area contributed by atoms with Gasteiger partial charge in [-0.2, -0.15) is 0 Å². The Balaban J connectivity index is 2.33. The van der Waals surface area contributed by atoms with Gasteiger partial charge in [0.1, 0.15) is 17.1 Å². The van der Waals surface area contributed by atoms with Crippen LogP contribution in [0.15, 0.2) is 24.5 Å². The zero-order valence-corrected chi connectivity index (χ0v) is 11.9. The van der Waals surface area contributed by atoms with E-state index in [9.17, 15) is 4.79 Å². The Bertz CT molecular complexity index is 664. The first-order valence-electron chi connectivity index (χ1n) is 5.43. The van der Waals surface area contributed by atoms with Gasteiger partial charge >= 0.3 is 0 Å². The Labute approximate surface area is 124 Å². The van der Waals surface area contributed by atoms with Gasteiger partial charge in [0.2, 0.25) is 0 Å². The maximum absolute atomic E-state index is 12.2. The molecule has 20 heavy (non-hydrogen) atoms. The number of nitrogens with zero attached hydrogens (tertiary/aromatic N) is 2. The second kappa shape index (κ2) is 5.94. The second-order valence-electron chi connectivity index (χ2n) is 3.74. The molecule has 0 aliphatic heterocycles. The fourth-order valence-corrected chi connectivity index (χ4v) is 1.79. The van der Waals surface area contributed by atoms with Crippen molar-refractivity contribution in [3.63, 3.8) is 0 Å². The molecule has 0 spiro atoms. The standard InChI is InChI=1S/C12H10Cl2N4O2/c1-20-8-3-2-6(15)4-7(8)12(19)18-11-9(13)10(14)16-5-17-11/h2-5H,15H2,1H3,(H,16,17,18,19). The molecule has 2 rings (SSSR count). The van der Waals surface area contributed by atoms with Crippen molar-refractivity contribution in [3.05, 3.63) is 40.3 Å². The molecule has 1 heterocycles. The minimum atomic E-state index is -0.467. The Hall–Kier alpha value is -2.05. The maximum Gasteiger partial charge on any atom is 0.260 e. The number of carbonyl (C=O) groups excluding carboxylic acids is 1. The lowest BCUT2D eigenvalue weighted by atomic mass is 10.1. The van der Waals surface area contributed by atoms with E-state index < -0.39 is 5.91 Å². The van der Waals surface area contributed by atoms with Crippen molar-refractivity contribution in [3.8, 4) is 5.75 Å². The van der Waals surface area contributed by atoms with E-state index in [1.165, 1.54) is 19.5 Å². The molecule has 0 atom stereocenters. The number of nitrogens with two attached hydrogens (primary N) is 1. The number of hydrogen-bond donors (Lipinski definition) is 2. The first-order chi connectivity index (χ1) is 9.52. The summed E-state index contributed by atoms with van der Waals surface area (Å²) in [6, 6.07) is 4.72. The van der Waals surface area contributed by atoms with Gasteiger partial charge in [0.25, 0.3) is 5.91 Å². The van der Waals surface area contributed by atoms with Crippen molar-refractivity contribution < 1.29 is 9.53 Å². The normalized spacial score (nSPS) is 10.2. The molecule has 2 aromatic rings. The number of anilines is 2. The molecule has 1 aromatic carbocycles. The van der Waals surface area contributed by atoms with E-state index in [2.05, 4.69) is 15.3 Å². The average molecular weight is 313 g/mol. The Morgan fingerprint density at radius 3 is 2.80 bits per heavy atom. The zero-order chi connectivity index (χ0) is 14.7. The molecular formula is C12H10Cl2N4O2. The molecular weight excluding hydrogens is 303 g/mol. The largest absolute Gasteiger partial charge is 0.496 e. The predicted molar refractivity (Wildman–Crippen MR) is 77.4 cm³/mol. The number of benzene rings is 1. The third-order valence-electron chi connectivity index (χ3n) is 2.45. The van der Waals surface area contributed by atoms with Crippen molar-refractivity contribution >= 4 is 40.6 Å². The molecule has 0 aliphatic carbocycles. The topological polar surface area (TPSA) is 90.1 Å². The number of nitrogen functional groups attached to an aromatic ring is 1. The van der Waals surface area contributed by atoms with Crippen LogP contribution >= 0.6 is 23.2 Å². The molecule has 0 aliphatic rings. The number of rotatable bonds is 3. The highest BCUT2D eigenvalue weighted by molar-refractivity contribution is 6.43. The number of aromatic nitrogens is 2. The molecule has 0 saturated heterocycles. The van der Waals surface area contributed by atoms with Gasteiger partial charge in [-0.3, -0.25) is 4.79 Å². The lowest BCUT2D eigenvalue weighted by molar-refractivity contribution is 0.102. The van der Waals surface area contributed by atoms with Gasteiger partial charge < -0.3 is 15.8 Å². The number of carbonyl (C=O) groups is 1. The van der Waals surface area contributed by atoms with Gasteiger partial charge in [-0.05, 0) is 18.2 Å². The smallest absolute Gasteiger partial charge is 0.260 e. The van der Waals surface area contributed by atoms with Crippen LogP contribution in [0.1, 0.15) is 10.4 Å². The lowest BCUT2D eigenvalue weighted by Crippen LogP contribution is -2.15. The molecule has 3 N–H and O–H groups in total. The Morgan fingerprint density at radius 1 is 1.35 bits per heavy atom. The van der Waals surface area contributed by atoms with Crippen LogP contribution in [0.5, 0.6) is 5.75 Å². The van der Waals surface area contributed by atoms with Crippen LogP contribution in [0, 0.1) is 0 Å². The molecule has 1 aromatic heterocycles. The molecule has 6 nitrogen and oxygen atoms in total. The highest BCUT2D eigenvalue weighted by atomic mass is 35.5. The molecule has 8 heteroatoms. The summed E-state index contributed by atoms with van der Waals surface area (Å²) in [5.41, 5.74) is 6.35. The molecule has 104 valence electrons. The summed E-state index contributed by atoms with van der Waals surface area (Å²) in [6.07, 6.45) is 1.19. The molecule has 1 amide bonds. The van der Waals surface area contributed by atoms with E-state index in [4.69, 9.17) is 33.7 Å². The number of methoxy groups -OCH3 is 1. The highest BCUT2D eigenvalue weighted by Gasteiger charge is 2.16. The van der Waals surface area contributed by atoms with Crippen LogP contribution < -0.4 is 15.8 Å². The summed E-state index contributed by atoms with van der Waals surface area (Å²) in [5.74, 6) is 0.0277. The minimum Gasteiger partial charge on any atom is -0.496 e. The molecule has 0 saturated carbocycles. The van der Waals surface area contributed by atoms with E-state index >= 15 is 0 Å². The van der Waals surface area contributed by atoms with Crippen LogP contribution in [-0.2, 0) is 0 Å². The third kappa shape index (κ3) is 2.92. The summed E-state index contributed by atoms with van der Waals surface area (Å²) < 4.78 is 5.10. The number of halogens is 2. The fraction of sp³-hybridized carbons (Fsp3) is 0.0833. The maximum atomic E-state index is 12.2. The van der Waals surface area contributed by atoms with Crippen molar-refractivity contribution in [1.82, 2.24) is 9.97 Å². The molecule has 0 bridgehead atoms. The number of hydrogen-bond acceptors (Lipinski definition) is 5. The second-order valence-corrected chi connectivity index (χ2v) is 4.48. The van der Waals surface area contributed by atoms with Crippen molar-refractivity contribution in [2.75, 3.05) is 18.2 Å². The summed E-state index contributed by atoms with van der Waals surface area (Å²) in [4.78, 5) is 19.7. The van der Waals surface area contributed by atoms with Gasteiger partial charge in [-0.25, -0.2) is 9.97 Å². The zero-order valence-electron chi connectivity index (χ0n) is 10.4. The van der Waals surface area contributed by atoms with E-state index in [0.29, 0.717) is 11.4 Å². The monoisotopic (exact) mass is 312 g/mol. The first-order valence-corrected chi connectivity index (χ1v) is 6.19. The number of amides is 1. The van der Waals surface area contributed by atoms with Crippen molar-refractivity contribution in [2.45, 2.75) is 0 Å². The van der Waals surface area contributed by atoms with Gasteiger partial charge in [0.05, 0.1) is 12.7 Å². The fourth-order valence-electron chi connectivity index (χ4n) is 1.51. The number of ether oxygens (including phenoxy) is 1. The van der Waals surface area contributed by atoms with Crippen LogP contribution in [0.4, 0.5) is 11.5 Å². The van der Waals surface area contributed by atoms with E-state index in [1.54, 1.807) is 12.1 Å². The van der Waals surface area contributed by atoms with Crippen LogP contribution in [0.2, 0.25) is 10.2 Å². The number of nitrogens with one attached hydrogen (secondary N) is 1. The summed E-state index contributed by atoms with van der Waals surface area (Å²) in [7, 11) is 1.46. The van der Waals surface area contributed by atoms with Gasteiger partial charge in [-0.1, -0.05) is 23.2 Å². The Kier molecular flexibility index (Phi) is 4.26. The summed E-state index contributed by atoms with van der Waals surface area (Å²) in [5, 5.41) is 2.64. The SMILES string of the molecule is COc1ccc(N)cc1C(=O)Nc1ncnc(Cl)c1Cl. The highest BCUT2D eigenvalue weighted by Crippen LogP contribution is 2.27. The summed E-state index contributed by atoms with van der Waals surface area (Å²) in [6.45, 7) is 0. The predicted octanol–water partition coefficient (Wildman–Crippen LogP) is 2.63. The van der Waals surface area contributed by atoms with E-state index in [0.717, 1.165) is 0 Å². The van der Waals surface area contributed by atoms with E-state index in [-0.39, 0.29) is 21.6 Å². The summed E-state index contributed by atoms with van der Waals surface area (Å²) >= 11 is 11.7. The molecule has 0 fully saturated rings. The van der Waals surface area contributed by atoms with E-state index in [1.807, 2.05) is 0 Å². The average Bonchev–Trinajstić information content (AvgIpc) is 2.43. The van der Waals surface area contributed by atoms with Crippen LogP contribution in [0.25, 0.3) is 0 Å². The van der Waals surface area contributed by atoms with Gasteiger partial charge in [-0.15, -0.1) is 0 Å². The minimum absolute atomic E-state index is 0.0523. The van der Waals surface area contributed by atoms with Crippen LogP contribution in [-0.4, -0.2) is 23.0 Å². The third-order valence-corrected chi connectivity index (χ3v) is 3.19. The van der Waals surface area contributed by atoms with Gasteiger partial charge in [0, 0.05) is 5.69 Å².